The lowest BCUT2D eigenvalue weighted by Gasteiger charge is -1.97. The number of nitrogens with zero attached hydrogens (tertiary/aromatic N) is 2. The summed E-state index contributed by atoms with van der Waals surface area (Å²) >= 11 is 0. The van der Waals surface area contributed by atoms with E-state index in [9.17, 15) is 4.79 Å². The van der Waals surface area contributed by atoms with Crippen molar-refractivity contribution in [1.29, 1.82) is 0 Å². The molecule has 0 amide bonds. The molecule has 23 heavy (non-hydrogen) atoms. The summed E-state index contributed by atoms with van der Waals surface area (Å²) in [4.78, 5) is 15.6. The van der Waals surface area contributed by atoms with Crippen LogP contribution in [0.4, 0.5) is 0 Å². The van der Waals surface area contributed by atoms with Crippen molar-refractivity contribution in [3.8, 4) is 11.5 Å². The number of nitrogens with one attached hydrogen (secondary N) is 1. The van der Waals surface area contributed by atoms with Gasteiger partial charge in [-0.25, -0.2) is 0 Å². The molecule has 5 heteroatoms. The van der Waals surface area contributed by atoms with Gasteiger partial charge in [0.25, 0.3) is 5.89 Å². The molecule has 2 heterocycles. The summed E-state index contributed by atoms with van der Waals surface area (Å²) in [5, 5.41) is 8.89. The Balaban J connectivity index is 1.71. The summed E-state index contributed by atoms with van der Waals surface area (Å²) in [5.41, 5.74) is 3.39. The second kappa shape index (κ2) is 5.21. The molecule has 4 rings (SSSR count). The lowest BCUT2D eigenvalue weighted by atomic mass is 10.1. The number of ketones is 1. The quantitative estimate of drug-likeness (QED) is 0.585. The van der Waals surface area contributed by atoms with Gasteiger partial charge in [0.1, 0.15) is 0 Å². The first-order valence-corrected chi connectivity index (χ1v) is 7.24. The van der Waals surface area contributed by atoms with Gasteiger partial charge in [0, 0.05) is 22.7 Å². The van der Waals surface area contributed by atoms with E-state index < -0.39 is 0 Å². The molecule has 0 fully saturated rings. The fourth-order valence-electron chi connectivity index (χ4n) is 2.50. The highest BCUT2D eigenvalue weighted by atomic mass is 16.4. The van der Waals surface area contributed by atoms with Crippen LogP contribution in [-0.2, 0) is 0 Å². The molecule has 2 aromatic heterocycles. The van der Waals surface area contributed by atoms with Gasteiger partial charge < -0.3 is 9.40 Å². The Bertz CT molecular complexity index is 996. The smallest absolute Gasteiger partial charge is 0.289 e. The van der Waals surface area contributed by atoms with E-state index >= 15 is 0 Å². The van der Waals surface area contributed by atoms with E-state index in [4.69, 9.17) is 4.42 Å². The van der Waals surface area contributed by atoms with Crippen LogP contribution >= 0.6 is 0 Å². The van der Waals surface area contributed by atoms with Gasteiger partial charge >= 0.3 is 0 Å². The SMILES string of the molecule is Cc1ccc(C(=O)c2nnc(-c3c[nH]c4ccccc34)o2)cc1. The summed E-state index contributed by atoms with van der Waals surface area (Å²) in [5.74, 6) is 0.0515. The first-order chi connectivity index (χ1) is 11.2. The maximum atomic E-state index is 12.4. The van der Waals surface area contributed by atoms with Gasteiger partial charge in [-0.15, -0.1) is 10.2 Å². The monoisotopic (exact) mass is 303 g/mol. The second-order valence-corrected chi connectivity index (χ2v) is 5.36. The molecule has 0 aliphatic carbocycles. The van der Waals surface area contributed by atoms with Crippen molar-refractivity contribution < 1.29 is 9.21 Å². The summed E-state index contributed by atoms with van der Waals surface area (Å²) in [6.45, 7) is 1.97. The lowest BCUT2D eigenvalue weighted by molar-refractivity contribution is 0.100. The molecular formula is C18H13N3O2. The lowest BCUT2D eigenvalue weighted by Crippen LogP contribution is -2.01. The maximum absolute atomic E-state index is 12.4. The van der Waals surface area contributed by atoms with E-state index in [-0.39, 0.29) is 11.7 Å². The summed E-state index contributed by atoms with van der Waals surface area (Å²) < 4.78 is 5.59. The van der Waals surface area contributed by atoms with Gasteiger partial charge in [0.2, 0.25) is 11.7 Å². The Morgan fingerprint density at radius 1 is 1.04 bits per heavy atom. The number of aromatic nitrogens is 3. The molecule has 0 radical (unpaired) electrons. The average molecular weight is 303 g/mol. The van der Waals surface area contributed by atoms with Crippen molar-refractivity contribution in [1.82, 2.24) is 15.2 Å². The van der Waals surface area contributed by atoms with Crippen molar-refractivity contribution >= 4 is 16.7 Å². The molecule has 4 aromatic rings. The molecule has 0 bridgehead atoms. The molecule has 0 unspecified atom stereocenters. The number of H-pyrrole nitrogens is 1. The number of aromatic amines is 1. The normalized spacial score (nSPS) is 11.0. The van der Waals surface area contributed by atoms with Crippen LogP contribution in [0.3, 0.4) is 0 Å². The minimum Gasteiger partial charge on any atom is -0.413 e. The minimum atomic E-state index is -0.274. The van der Waals surface area contributed by atoms with Crippen LogP contribution in [0.15, 0.2) is 59.1 Å². The van der Waals surface area contributed by atoms with E-state index in [2.05, 4.69) is 15.2 Å². The molecule has 0 atom stereocenters. The number of aryl methyl sites for hydroxylation is 1. The first kappa shape index (κ1) is 13.5. The van der Waals surface area contributed by atoms with E-state index in [0.29, 0.717) is 11.5 Å². The molecule has 5 nitrogen and oxygen atoms in total. The zero-order valence-corrected chi connectivity index (χ0v) is 12.4. The van der Waals surface area contributed by atoms with Gasteiger partial charge in [-0.05, 0) is 13.0 Å². The van der Waals surface area contributed by atoms with Crippen LogP contribution < -0.4 is 0 Å². The highest BCUT2D eigenvalue weighted by Crippen LogP contribution is 2.27. The molecular weight excluding hydrogens is 290 g/mol. The van der Waals surface area contributed by atoms with Crippen molar-refractivity contribution in [2.75, 3.05) is 0 Å². The Hall–Kier alpha value is -3.21. The zero-order valence-electron chi connectivity index (χ0n) is 12.4. The topological polar surface area (TPSA) is 71.8 Å². The number of hydrogen-bond donors (Lipinski definition) is 1. The van der Waals surface area contributed by atoms with E-state index in [0.717, 1.165) is 22.0 Å². The third kappa shape index (κ3) is 2.32. The van der Waals surface area contributed by atoms with Crippen LogP contribution in [0.5, 0.6) is 0 Å². The van der Waals surface area contributed by atoms with Crippen molar-refractivity contribution in [2.24, 2.45) is 0 Å². The average Bonchev–Trinajstić information content (AvgIpc) is 3.21. The summed E-state index contributed by atoms with van der Waals surface area (Å²) in [6, 6.07) is 15.1. The minimum absolute atomic E-state index is 0.00543. The van der Waals surface area contributed by atoms with Gasteiger partial charge in [-0.3, -0.25) is 4.79 Å². The summed E-state index contributed by atoms with van der Waals surface area (Å²) in [6.07, 6.45) is 1.80. The number of benzene rings is 2. The number of fused-ring (bicyclic) bond motifs is 1. The number of rotatable bonds is 3. The third-order valence-corrected chi connectivity index (χ3v) is 3.75. The first-order valence-electron chi connectivity index (χ1n) is 7.24. The van der Waals surface area contributed by atoms with Crippen LogP contribution in [0, 0.1) is 6.92 Å². The molecule has 0 saturated heterocycles. The molecule has 0 spiro atoms. The highest BCUT2D eigenvalue weighted by Gasteiger charge is 2.19. The number of carbonyl (C=O) groups excluding carboxylic acids is 1. The predicted octanol–water partition coefficient (Wildman–Crippen LogP) is 3.76. The van der Waals surface area contributed by atoms with E-state index in [1.54, 1.807) is 18.3 Å². The number of carbonyl (C=O) groups is 1. The molecule has 0 aliphatic rings. The van der Waals surface area contributed by atoms with Crippen molar-refractivity contribution in [3.05, 3.63) is 71.7 Å². The fourth-order valence-corrected chi connectivity index (χ4v) is 2.50. The molecule has 2 aromatic carbocycles. The standard InChI is InChI=1S/C18H13N3O2/c1-11-6-8-12(9-7-11)16(22)18-21-20-17(23-18)14-10-19-15-5-3-2-4-13(14)15/h2-10,19H,1H3. The Kier molecular flexibility index (Phi) is 3.05. The largest absolute Gasteiger partial charge is 0.413 e. The van der Waals surface area contributed by atoms with Crippen LogP contribution in [0.2, 0.25) is 0 Å². The molecule has 1 N–H and O–H groups in total. The maximum Gasteiger partial charge on any atom is 0.289 e. The van der Waals surface area contributed by atoms with E-state index in [1.807, 2.05) is 43.3 Å². The molecule has 0 saturated carbocycles. The predicted molar refractivity (Wildman–Crippen MR) is 86.2 cm³/mol. The zero-order chi connectivity index (χ0) is 15.8. The summed E-state index contributed by atoms with van der Waals surface area (Å²) in [7, 11) is 0. The van der Waals surface area contributed by atoms with Gasteiger partial charge in [-0.1, -0.05) is 48.0 Å². The van der Waals surface area contributed by atoms with Crippen molar-refractivity contribution in [2.45, 2.75) is 6.92 Å². The Labute approximate surface area is 132 Å². The van der Waals surface area contributed by atoms with Crippen LogP contribution in [0.1, 0.15) is 21.8 Å². The van der Waals surface area contributed by atoms with Gasteiger partial charge in [-0.2, -0.15) is 0 Å². The molecule has 112 valence electrons. The fraction of sp³-hybridized carbons (Fsp3) is 0.0556. The van der Waals surface area contributed by atoms with Crippen molar-refractivity contribution in [3.63, 3.8) is 0 Å². The molecule has 0 aliphatic heterocycles. The Morgan fingerprint density at radius 2 is 1.83 bits per heavy atom. The van der Waals surface area contributed by atoms with Crippen LogP contribution in [0.25, 0.3) is 22.4 Å². The van der Waals surface area contributed by atoms with E-state index in [1.165, 1.54) is 0 Å². The number of para-hydroxylation sites is 1. The Morgan fingerprint density at radius 3 is 2.65 bits per heavy atom. The highest BCUT2D eigenvalue weighted by molar-refractivity contribution is 6.06. The number of hydrogen-bond acceptors (Lipinski definition) is 4. The second-order valence-electron chi connectivity index (χ2n) is 5.36. The van der Waals surface area contributed by atoms with Gasteiger partial charge in [0.15, 0.2) is 0 Å². The van der Waals surface area contributed by atoms with Crippen LogP contribution in [-0.4, -0.2) is 21.0 Å². The van der Waals surface area contributed by atoms with Gasteiger partial charge in [0.05, 0.1) is 5.56 Å². The third-order valence-electron chi connectivity index (χ3n) is 3.75.